The molecule has 0 aliphatic rings. The van der Waals surface area contributed by atoms with Crippen LogP contribution in [0, 0.1) is 25.5 Å². The number of aromatic nitrogens is 1. The molecule has 0 radical (unpaired) electrons. The van der Waals surface area contributed by atoms with Gasteiger partial charge in [0.2, 0.25) is 0 Å². The maximum atomic E-state index is 14.8. The molecule has 1 atom stereocenters. The predicted molar refractivity (Wildman–Crippen MR) is 133 cm³/mol. The number of nitrogens with zero attached hydrogens (tertiary/aromatic N) is 1. The lowest BCUT2D eigenvalue weighted by Gasteiger charge is -2.23. The molecule has 4 aromatic rings. The number of halogens is 3. The molecule has 34 heavy (non-hydrogen) atoms. The third-order valence-electron chi connectivity index (χ3n) is 6.28. The van der Waals surface area contributed by atoms with Gasteiger partial charge in [-0.1, -0.05) is 66.2 Å². The number of pyridine rings is 1. The first kappa shape index (κ1) is 23.9. The SMILES string of the molecule is Cc1c(CC(N)c2ccccc2)c(=O)c(-c2ccccc2F)c(C)n1Cc1c(F)cccc1Cl. The van der Waals surface area contributed by atoms with Crippen LogP contribution in [0.1, 0.15) is 34.1 Å². The predicted octanol–water partition coefficient (Wildman–Crippen LogP) is 6.35. The van der Waals surface area contributed by atoms with Crippen LogP contribution in [0.25, 0.3) is 11.1 Å². The van der Waals surface area contributed by atoms with Crippen molar-refractivity contribution in [1.29, 1.82) is 0 Å². The largest absolute Gasteiger partial charge is 0.343 e. The molecule has 0 bridgehead atoms. The Labute approximate surface area is 202 Å². The quantitative estimate of drug-likeness (QED) is 0.351. The van der Waals surface area contributed by atoms with E-state index in [1.54, 1.807) is 44.2 Å². The molecule has 3 nitrogen and oxygen atoms in total. The third kappa shape index (κ3) is 4.54. The lowest BCUT2D eigenvalue weighted by Crippen LogP contribution is -2.27. The Morgan fingerprint density at radius 1 is 0.853 bits per heavy atom. The van der Waals surface area contributed by atoms with Crippen molar-refractivity contribution in [2.45, 2.75) is 32.9 Å². The molecule has 0 aliphatic heterocycles. The van der Waals surface area contributed by atoms with E-state index in [0.717, 1.165) is 5.56 Å². The molecule has 0 saturated heterocycles. The summed E-state index contributed by atoms with van der Waals surface area (Å²) in [5.74, 6) is -0.944. The fraction of sp³-hybridized carbons (Fsp3) is 0.179. The highest BCUT2D eigenvalue weighted by Crippen LogP contribution is 2.29. The van der Waals surface area contributed by atoms with Gasteiger partial charge in [-0.2, -0.15) is 0 Å². The van der Waals surface area contributed by atoms with Crippen LogP contribution < -0.4 is 11.2 Å². The lowest BCUT2D eigenvalue weighted by molar-refractivity contribution is 0.590. The van der Waals surface area contributed by atoms with Crippen molar-refractivity contribution in [2.24, 2.45) is 5.73 Å². The van der Waals surface area contributed by atoms with Gasteiger partial charge in [-0.25, -0.2) is 8.78 Å². The Hall–Kier alpha value is -3.28. The van der Waals surface area contributed by atoms with E-state index in [0.29, 0.717) is 22.5 Å². The van der Waals surface area contributed by atoms with E-state index in [9.17, 15) is 13.6 Å². The first-order valence-corrected chi connectivity index (χ1v) is 11.4. The van der Waals surface area contributed by atoms with E-state index in [1.807, 2.05) is 34.9 Å². The van der Waals surface area contributed by atoms with Crippen molar-refractivity contribution in [3.05, 3.63) is 128 Å². The van der Waals surface area contributed by atoms with Gasteiger partial charge in [0.25, 0.3) is 0 Å². The first-order valence-electron chi connectivity index (χ1n) is 11.0. The van der Waals surface area contributed by atoms with Crippen LogP contribution in [-0.2, 0) is 13.0 Å². The summed E-state index contributed by atoms with van der Waals surface area (Å²) in [5.41, 5.74) is 9.47. The van der Waals surface area contributed by atoms with E-state index in [4.69, 9.17) is 17.3 Å². The number of hydrogen-bond acceptors (Lipinski definition) is 2. The fourth-order valence-corrected chi connectivity index (χ4v) is 4.59. The molecular formula is C28H25ClF2N2O. The Balaban J connectivity index is 1.94. The summed E-state index contributed by atoms with van der Waals surface area (Å²) in [7, 11) is 0. The maximum Gasteiger partial charge on any atom is 0.193 e. The molecule has 2 N–H and O–H groups in total. The van der Waals surface area contributed by atoms with Gasteiger partial charge in [-0.15, -0.1) is 0 Å². The lowest BCUT2D eigenvalue weighted by atomic mass is 9.93. The van der Waals surface area contributed by atoms with Crippen molar-refractivity contribution in [1.82, 2.24) is 4.57 Å². The highest BCUT2D eigenvalue weighted by molar-refractivity contribution is 6.31. The minimum atomic E-state index is -0.500. The molecule has 0 fully saturated rings. The number of hydrogen-bond donors (Lipinski definition) is 1. The van der Waals surface area contributed by atoms with Crippen molar-refractivity contribution in [2.75, 3.05) is 0 Å². The monoisotopic (exact) mass is 478 g/mol. The topological polar surface area (TPSA) is 48.0 Å². The highest BCUT2D eigenvalue weighted by atomic mass is 35.5. The summed E-state index contributed by atoms with van der Waals surface area (Å²) in [4.78, 5) is 13.7. The van der Waals surface area contributed by atoms with E-state index in [2.05, 4.69) is 0 Å². The molecule has 0 amide bonds. The summed E-state index contributed by atoms with van der Waals surface area (Å²) in [5, 5.41) is 0.285. The second kappa shape index (κ2) is 9.92. The average Bonchev–Trinajstić information content (AvgIpc) is 2.83. The fourth-order valence-electron chi connectivity index (χ4n) is 4.37. The van der Waals surface area contributed by atoms with Gasteiger partial charge in [0.15, 0.2) is 5.43 Å². The van der Waals surface area contributed by atoms with Crippen molar-refractivity contribution < 1.29 is 8.78 Å². The average molecular weight is 479 g/mol. The summed E-state index contributed by atoms with van der Waals surface area (Å²) >= 11 is 6.31. The van der Waals surface area contributed by atoms with Gasteiger partial charge in [-0.3, -0.25) is 4.79 Å². The second-order valence-corrected chi connectivity index (χ2v) is 8.75. The zero-order valence-electron chi connectivity index (χ0n) is 19.0. The molecule has 1 unspecified atom stereocenters. The molecule has 1 heterocycles. The van der Waals surface area contributed by atoms with E-state index >= 15 is 0 Å². The summed E-state index contributed by atoms with van der Waals surface area (Å²) in [6, 6.07) is 19.7. The van der Waals surface area contributed by atoms with Gasteiger partial charge >= 0.3 is 0 Å². The number of benzene rings is 3. The summed E-state index contributed by atoms with van der Waals surface area (Å²) in [6.07, 6.45) is 0.251. The smallest absolute Gasteiger partial charge is 0.193 e. The van der Waals surface area contributed by atoms with Crippen LogP contribution >= 0.6 is 11.6 Å². The van der Waals surface area contributed by atoms with Crippen LogP contribution in [0.15, 0.2) is 77.6 Å². The van der Waals surface area contributed by atoms with E-state index < -0.39 is 17.7 Å². The minimum Gasteiger partial charge on any atom is -0.343 e. The van der Waals surface area contributed by atoms with Gasteiger partial charge < -0.3 is 10.3 Å². The van der Waals surface area contributed by atoms with Gasteiger partial charge in [0.1, 0.15) is 11.6 Å². The van der Waals surface area contributed by atoms with Crippen LogP contribution in [0.4, 0.5) is 8.78 Å². The first-order chi connectivity index (χ1) is 16.3. The molecule has 6 heteroatoms. The zero-order valence-corrected chi connectivity index (χ0v) is 19.7. The second-order valence-electron chi connectivity index (χ2n) is 8.34. The molecule has 1 aromatic heterocycles. The Morgan fingerprint density at radius 2 is 1.50 bits per heavy atom. The van der Waals surface area contributed by atoms with Crippen LogP contribution in [0.2, 0.25) is 5.02 Å². The normalized spacial score (nSPS) is 12.1. The molecular weight excluding hydrogens is 454 g/mol. The Morgan fingerprint density at radius 3 is 2.18 bits per heavy atom. The minimum absolute atomic E-state index is 0.0957. The molecule has 0 aliphatic carbocycles. The highest BCUT2D eigenvalue weighted by Gasteiger charge is 2.23. The van der Waals surface area contributed by atoms with Crippen LogP contribution in [0.5, 0.6) is 0 Å². The van der Waals surface area contributed by atoms with Crippen molar-refractivity contribution in [3.8, 4) is 11.1 Å². The molecule has 0 saturated carbocycles. The molecule has 3 aromatic carbocycles. The Bertz CT molecular complexity index is 1380. The van der Waals surface area contributed by atoms with E-state index in [-0.39, 0.29) is 34.5 Å². The summed E-state index contributed by atoms with van der Waals surface area (Å²) < 4.78 is 31.3. The Kier molecular flexibility index (Phi) is 6.96. The van der Waals surface area contributed by atoms with Crippen LogP contribution in [0.3, 0.4) is 0 Å². The van der Waals surface area contributed by atoms with Gasteiger partial charge in [0, 0.05) is 39.1 Å². The number of nitrogens with two attached hydrogens (primary N) is 1. The summed E-state index contributed by atoms with van der Waals surface area (Å²) in [6.45, 7) is 3.64. The molecule has 0 spiro atoms. The maximum absolute atomic E-state index is 14.8. The van der Waals surface area contributed by atoms with Gasteiger partial charge in [-0.05, 0) is 44.0 Å². The standard InChI is InChI=1S/C28H25ClF2N2O/c1-17-21(15-26(32)19-9-4-3-5-10-19)28(34)27(20-11-6-7-13-24(20)30)18(2)33(17)16-22-23(29)12-8-14-25(22)31/h3-14,26H,15-16,32H2,1-2H3. The van der Waals surface area contributed by atoms with Gasteiger partial charge in [0.05, 0.1) is 12.1 Å². The van der Waals surface area contributed by atoms with Crippen molar-refractivity contribution in [3.63, 3.8) is 0 Å². The molecule has 4 rings (SSSR count). The number of rotatable bonds is 6. The molecule has 174 valence electrons. The third-order valence-corrected chi connectivity index (χ3v) is 6.64. The zero-order chi connectivity index (χ0) is 24.4. The van der Waals surface area contributed by atoms with Crippen LogP contribution in [-0.4, -0.2) is 4.57 Å². The van der Waals surface area contributed by atoms with Crippen molar-refractivity contribution >= 4 is 11.6 Å². The van der Waals surface area contributed by atoms with E-state index in [1.165, 1.54) is 12.1 Å².